The summed E-state index contributed by atoms with van der Waals surface area (Å²) in [4.78, 5) is 16.7. The van der Waals surface area contributed by atoms with Crippen LogP contribution in [-0.2, 0) is 44.5 Å². The third-order valence-corrected chi connectivity index (χ3v) is 3.18. The number of nitrogens with zero attached hydrogens (tertiary/aromatic N) is 4. The van der Waals surface area contributed by atoms with E-state index < -0.39 is 20.5 Å². The molecule has 0 unspecified atom stereocenters. The molecule has 0 saturated carbocycles. The fraction of sp³-hybridized carbons (Fsp3) is 0. The molecule has 0 spiro atoms. The van der Waals surface area contributed by atoms with Crippen molar-refractivity contribution in [3.63, 3.8) is 0 Å². The van der Waals surface area contributed by atoms with Gasteiger partial charge in [0, 0.05) is 24.8 Å². The topological polar surface area (TPSA) is 293 Å². The predicted octanol–water partition coefficient (Wildman–Crippen LogP) is -5.47. The molecule has 0 bridgehead atoms. The van der Waals surface area contributed by atoms with Crippen LogP contribution in [0.1, 0.15) is 0 Å². The van der Waals surface area contributed by atoms with Gasteiger partial charge in [-0.2, -0.15) is 0 Å². The Morgan fingerprint density at radius 2 is 0.526 bits per heavy atom. The summed E-state index contributed by atoms with van der Waals surface area (Å²) in [7, 11) is -9.89. The molecule has 0 aromatic carbocycles. The second-order valence-electron chi connectivity index (χ2n) is 5.62. The average molecular weight is 661 g/mol. The Balaban J connectivity index is -0.000000211. The second-order valence-corrected chi connectivity index (χ2v) is 7.13. The molecule has 0 atom stereocenters. The first-order chi connectivity index (χ1) is 15.9. The van der Waals surface area contributed by atoms with Crippen molar-refractivity contribution in [1.29, 1.82) is 0 Å². The summed E-state index contributed by atoms with van der Waals surface area (Å²) >= 11 is 0. The molecular formula is C20H16Cl2Co2N4O10. The van der Waals surface area contributed by atoms with Crippen molar-refractivity contribution in [1.82, 2.24) is 19.9 Å². The number of pyridine rings is 4. The summed E-state index contributed by atoms with van der Waals surface area (Å²) in [5, 5.41) is 0. The van der Waals surface area contributed by atoms with E-state index in [9.17, 15) is 0 Å². The van der Waals surface area contributed by atoms with E-state index in [-0.39, 0.29) is 44.5 Å². The molecule has 0 radical (unpaired) electrons. The molecule has 0 aliphatic rings. The Hall–Kier alpha value is -2.21. The Morgan fingerprint density at radius 1 is 0.368 bits per heavy atom. The van der Waals surface area contributed by atoms with Crippen molar-refractivity contribution in [3.8, 4) is 22.8 Å². The molecule has 4 heterocycles. The largest absolute Gasteiger partial charge is 3.00 e. The van der Waals surface area contributed by atoms with Gasteiger partial charge in [0.1, 0.15) is 0 Å². The fourth-order valence-corrected chi connectivity index (χ4v) is 2.06. The molecule has 0 fully saturated rings. The van der Waals surface area contributed by atoms with E-state index in [0.717, 1.165) is 22.8 Å². The molecule has 4 aromatic rings. The van der Waals surface area contributed by atoms with Gasteiger partial charge in [0.15, 0.2) is 0 Å². The van der Waals surface area contributed by atoms with Crippen LogP contribution < -0.4 is 37.3 Å². The number of rotatable bonds is 2. The van der Waals surface area contributed by atoms with Crippen molar-refractivity contribution in [2.75, 3.05) is 0 Å². The first-order valence-corrected chi connectivity index (χ1v) is 11.3. The van der Waals surface area contributed by atoms with Gasteiger partial charge < -0.3 is 11.0 Å². The summed E-state index contributed by atoms with van der Waals surface area (Å²) in [6, 6.07) is 23.2. The maximum Gasteiger partial charge on any atom is 3.00 e. The van der Waals surface area contributed by atoms with Crippen LogP contribution >= 0.6 is 0 Å². The van der Waals surface area contributed by atoms with E-state index in [1.165, 1.54) is 0 Å². The maximum atomic E-state index is 8.49. The zero-order valence-electron chi connectivity index (χ0n) is 18.5. The molecule has 0 N–H and O–H groups in total. The Bertz CT molecular complexity index is 881. The first-order valence-electron chi connectivity index (χ1n) is 8.82. The Kier molecular flexibility index (Phi) is 25.7. The molecule has 0 aliphatic heterocycles. The van der Waals surface area contributed by atoms with E-state index in [0.29, 0.717) is 0 Å². The van der Waals surface area contributed by atoms with Crippen LogP contribution in [0, 0.1) is 20.5 Å². The number of hydrogen-bond donors (Lipinski definition) is 0. The molecule has 14 nitrogen and oxygen atoms in total. The van der Waals surface area contributed by atoms with Crippen LogP contribution in [0.15, 0.2) is 97.6 Å². The van der Waals surface area contributed by atoms with Crippen LogP contribution in [0.5, 0.6) is 0 Å². The zero-order valence-corrected chi connectivity index (χ0v) is 22.1. The number of hydrogen-bond acceptors (Lipinski definition) is 12. The van der Waals surface area contributed by atoms with Gasteiger partial charge in [-0.05, 0) is 48.5 Å². The van der Waals surface area contributed by atoms with Gasteiger partial charge in [0.05, 0.1) is 22.8 Å². The second kappa shape index (κ2) is 22.7. The van der Waals surface area contributed by atoms with E-state index in [1.807, 2.05) is 72.8 Å². The van der Waals surface area contributed by atoms with Crippen molar-refractivity contribution in [2.45, 2.75) is 0 Å². The molecule has 38 heavy (non-hydrogen) atoms. The third kappa shape index (κ3) is 25.4. The molecule has 4 rings (SSSR count). The smallest absolute Gasteiger partial charge is 2.00 e. The van der Waals surface area contributed by atoms with Crippen LogP contribution in [0.4, 0.5) is 0 Å². The standard InChI is InChI=1S/2C10H8N2.2ClHO4.2Co.2O/c2*1-3-7-11-9(5-1)10-6-2-4-8-12-10;2*2-1(3,4)5;;;;/h2*1-8H;2*(H,2,3,4,5);;;;/q;;;;2*+3;2*-2/p-2. The normalized spacial score (nSPS) is 9.26. The van der Waals surface area contributed by atoms with Crippen molar-refractivity contribution in [3.05, 3.63) is 97.6 Å². The van der Waals surface area contributed by atoms with E-state index >= 15 is 0 Å². The summed E-state index contributed by atoms with van der Waals surface area (Å²) in [6.07, 6.45) is 7.07. The van der Waals surface area contributed by atoms with Crippen molar-refractivity contribution < 1.29 is 102 Å². The Labute approximate surface area is 241 Å². The van der Waals surface area contributed by atoms with E-state index in [4.69, 9.17) is 37.3 Å². The molecule has 208 valence electrons. The molecule has 0 aliphatic carbocycles. The monoisotopic (exact) mass is 660 g/mol. The van der Waals surface area contributed by atoms with Gasteiger partial charge in [-0.1, -0.05) is 24.3 Å². The van der Waals surface area contributed by atoms with E-state index in [2.05, 4.69) is 19.9 Å². The summed E-state index contributed by atoms with van der Waals surface area (Å²) < 4.78 is 67.9. The zero-order chi connectivity index (χ0) is 25.5. The minimum atomic E-state index is -4.94. The van der Waals surface area contributed by atoms with Gasteiger partial charge in [0.2, 0.25) is 0 Å². The minimum absolute atomic E-state index is 0. The molecular weight excluding hydrogens is 645 g/mol. The molecule has 18 heteroatoms. The summed E-state index contributed by atoms with van der Waals surface area (Å²) in [5.41, 5.74) is 3.66. The van der Waals surface area contributed by atoms with Gasteiger partial charge in [-0.3, -0.25) is 19.9 Å². The first kappa shape index (κ1) is 42.9. The fourth-order valence-electron chi connectivity index (χ4n) is 2.06. The van der Waals surface area contributed by atoms with Crippen molar-refractivity contribution in [2.24, 2.45) is 0 Å². The van der Waals surface area contributed by atoms with Gasteiger partial charge in [-0.15, -0.1) is 20.5 Å². The Morgan fingerprint density at radius 3 is 0.632 bits per heavy atom. The maximum absolute atomic E-state index is 8.49. The van der Waals surface area contributed by atoms with Gasteiger partial charge in [0.25, 0.3) is 0 Å². The number of aromatic nitrogens is 4. The predicted molar refractivity (Wildman–Crippen MR) is 96.3 cm³/mol. The van der Waals surface area contributed by atoms with Crippen LogP contribution in [0.25, 0.3) is 22.8 Å². The van der Waals surface area contributed by atoms with Crippen LogP contribution in [-0.4, -0.2) is 19.9 Å². The van der Waals surface area contributed by atoms with Gasteiger partial charge >= 0.3 is 33.6 Å². The van der Waals surface area contributed by atoms with Gasteiger partial charge in [-0.25, -0.2) is 37.3 Å². The quantitative estimate of drug-likeness (QED) is 0.194. The van der Waals surface area contributed by atoms with Crippen LogP contribution in [0.2, 0.25) is 0 Å². The third-order valence-electron chi connectivity index (χ3n) is 3.18. The summed E-state index contributed by atoms with van der Waals surface area (Å²) in [6.45, 7) is 0. The molecule has 0 saturated heterocycles. The van der Waals surface area contributed by atoms with Crippen molar-refractivity contribution >= 4 is 0 Å². The minimum Gasteiger partial charge on any atom is -2.00 e. The van der Waals surface area contributed by atoms with E-state index in [1.54, 1.807) is 24.8 Å². The number of halogens is 2. The summed E-state index contributed by atoms with van der Waals surface area (Å²) in [5.74, 6) is 0. The SMILES string of the molecule is [Co+3].[Co+3].[O-2].[O-2].[O-][Cl+3]([O-])([O-])[O-].[O-][Cl+3]([O-])([O-])[O-].c1ccc(-c2ccccn2)nc1.c1ccc(-c2ccccn2)nc1. The molecule has 4 aromatic heterocycles. The van der Waals surface area contributed by atoms with Crippen LogP contribution in [0.3, 0.4) is 0 Å². The molecule has 0 amide bonds. The average Bonchev–Trinajstić information content (AvgIpc) is 2.80.